The van der Waals surface area contributed by atoms with E-state index < -0.39 is 14.9 Å². The summed E-state index contributed by atoms with van der Waals surface area (Å²) < 4.78 is 29.0. The third-order valence-electron chi connectivity index (χ3n) is 7.70. The molecule has 42 heavy (non-hydrogen) atoms. The number of benzene rings is 3. The number of aromatic nitrogens is 1. The zero-order chi connectivity index (χ0) is 29.3. The van der Waals surface area contributed by atoms with Crippen molar-refractivity contribution in [3.63, 3.8) is 0 Å². The van der Waals surface area contributed by atoms with Crippen LogP contribution in [0, 0.1) is 10.1 Å². The van der Waals surface area contributed by atoms with Crippen molar-refractivity contribution in [1.29, 1.82) is 0 Å². The lowest BCUT2D eigenvalue weighted by Crippen LogP contribution is -2.48. The van der Waals surface area contributed by atoms with Gasteiger partial charge in [0, 0.05) is 63.5 Å². The molecule has 4 aromatic rings. The molecule has 3 heterocycles. The molecule has 0 unspecified atom stereocenters. The topological polar surface area (TPSA) is 129 Å². The monoisotopic (exact) mass is 606 g/mol. The predicted molar refractivity (Wildman–Crippen MR) is 163 cm³/mol. The highest BCUT2D eigenvalue weighted by molar-refractivity contribution is 7.92. The van der Waals surface area contributed by atoms with E-state index in [-0.39, 0.29) is 16.5 Å². The molecule has 1 amide bonds. The number of carbonyl (C=O) groups is 1. The molecule has 1 N–H and O–H groups in total. The van der Waals surface area contributed by atoms with Crippen molar-refractivity contribution in [1.82, 2.24) is 15.2 Å². The lowest BCUT2D eigenvalue weighted by Gasteiger charge is -2.34. The van der Waals surface area contributed by atoms with Gasteiger partial charge in [0.2, 0.25) is 0 Å². The lowest BCUT2D eigenvalue weighted by molar-refractivity contribution is -0.384. The SMILES string of the molecule is O=C(NCCN1CCN(c2nc3ccc([N+](=O)[O-])cc3s2)CC1)c1ccc(S(=O)(=O)N2CCCc3ccccc32)cc1. The number of piperazine rings is 1. The Morgan fingerprint density at radius 2 is 1.76 bits per heavy atom. The average Bonchev–Trinajstić information content (AvgIpc) is 3.45. The van der Waals surface area contributed by atoms with Gasteiger partial charge in [-0.15, -0.1) is 0 Å². The third-order valence-corrected chi connectivity index (χ3v) is 10.6. The Morgan fingerprint density at radius 1 is 1.00 bits per heavy atom. The van der Waals surface area contributed by atoms with Crippen LogP contribution in [0.15, 0.2) is 71.6 Å². The van der Waals surface area contributed by atoms with Gasteiger partial charge in [-0.1, -0.05) is 29.5 Å². The molecule has 6 rings (SSSR count). The first-order valence-electron chi connectivity index (χ1n) is 13.8. The Kier molecular flexibility index (Phi) is 7.80. The fourth-order valence-electron chi connectivity index (χ4n) is 5.40. The van der Waals surface area contributed by atoms with Crippen molar-refractivity contribution >= 4 is 54.0 Å². The molecule has 0 spiro atoms. The van der Waals surface area contributed by atoms with Crippen LogP contribution >= 0.6 is 11.3 Å². The predicted octanol–water partition coefficient (Wildman–Crippen LogP) is 3.90. The number of sulfonamides is 1. The summed E-state index contributed by atoms with van der Waals surface area (Å²) in [4.78, 5) is 32.7. The van der Waals surface area contributed by atoms with E-state index in [1.165, 1.54) is 33.8 Å². The molecule has 0 aliphatic carbocycles. The molecule has 1 fully saturated rings. The zero-order valence-corrected chi connectivity index (χ0v) is 24.4. The highest BCUT2D eigenvalue weighted by Crippen LogP contribution is 2.33. The first kappa shape index (κ1) is 28.1. The fraction of sp³-hybridized carbons (Fsp3) is 0.310. The smallest absolute Gasteiger partial charge is 0.270 e. The van der Waals surface area contributed by atoms with Crippen molar-refractivity contribution in [2.75, 3.05) is 55.0 Å². The van der Waals surface area contributed by atoms with Crippen molar-refractivity contribution in [3.8, 4) is 0 Å². The largest absolute Gasteiger partial charge is 0.351 e. The number of amides is 1. The Bertz CT molecular complexity index is 1730. The summed E-state index contributed by atoms with van der Waals surface area (Å²) in [6.45, 7) is 4.73. The first-order chi connectivity index (χ1) is 20.3. The summed E-state index contributed by atoms with van der Waals surface area (Å²) in [5.41, 5.74) is 2.98. The summed E-state index contributed by atoms with van der Waals surface area (Å²) in [6, 6.07) is 18.4. The van der Waals surface area contributed by atoms with Crippen molar-refractivity contribution in [2.24, 2.45) is 0 Å². The number of nitro benzene ring substituents is 1. The molecule has 3 aromatic carbocycles. The van der Waals surface area contributed by atoms with Crippen molar-refractivity contribution < 1.29 is 18.1 Å². The number of hydrogen-bond acceptors (Lipinski definition) is 9. The maximum atomic E-state index is 13.4. The average molecular weight is 607 g/mol. The highest BCUT2D eigenvalue weighted by Gasteiger charge is 2.29. The van der Waals surface area contributed by atoms with E-state index in [9.17, 15) is 23.3 Å². The molecular weight excluding hydrogens is 576 g/mol. The molecule has 0 atom stereocenters. The Labute approximate surface area is 247 Å². The van der Waals surface area contributed by atoms with Gasteiger partial charge in [0.15, 0.2) is 5.13 Å². The molecule has 218 valence electrons. The number of hydrogen-bond donors (Lipinski definition) is 1. The number of para-hydroxylation sites is 1. The molecule has 2 aliphatic heterocycles. The molecule has 2 aliphatic rings. The van der Waals surface area contributed by atoms with Gasteiger partial charge in [0.05, 0.1) is 25.7 Å². The van der Waals surface area contributed by atoms with E-state index in [4.69, 9.17) is 0 Å². The molecule has 0 bridgehead atoms. The van der Waals surface area contributed by atoms with E-state index in [1.807, 2.05) is 24.3 Å². The van der Waals surface area contributed by atoms with Crippen LogP contribution in [0.3, 0.4) is 0 Å². The van der Waals surface area contributed by atoms with Crippen molar-refractivity contribution in [2.45, 2.75) is 17.7 Å². The number of fused-ring (bicyclic) bond motifs is 2. The van der Waals surface area contributed by atoms with Gasteiger partial charge in [-0.3, -0.25) is 24.1 Å². The highest BCUT2D eigenvalue weighted by atomic mass is 32.2. The van der Waals surface area contributed by atoms with Gasteiger partial charge in [0.1, 0.15) is 0 Å². The van der Waals surface area contributed by atoms with E-state index in [0.717, 1.165) is 65.6 Å². The van der Waals surface area contributed by atoms with Crippen LogP contribution in [-0.2, 0) is 16.4 Å². The maximum absolute atomic E-state index is 13.4. The number of nitrogens with zero attached hydrogens (tertiary/aromatic N) is 5. The summed E-state index contributed by atoms with van der Waals surface area (Å²) in [5, 5.41) is 14.9. The number of anilines is 2. The van der Waals surface area contributed by atoms with Crippen LogP contribution < -0.4 is 14.5 Å². The van der Waals surface area contributed by atoms with E-state index in [2.05, 4.69) is 20.1 Å². The molecule has 0 saturated carbocycles. The molecule has 1 saturated heterocycles. The van der Waals surface area contributed by atoms with Crippen LogP contribution in [0.4, 0.5) is 16.5 Å². The van der Waals surface area contributed by atoms with Gasteiger partial charge in [0.25, 0.3) is 21.6 Å². The lowest BCUT2D eigenvalue weighted by atomic mass is 10.0. The number of aryl methyl sites for hydroxylation is 1. The van der Waals surface area contributed by atoms with Gasteiger partial charge in [-0.25, -0.2) is 13.4 Å². The van der Waals surface area contributed by atoms with Crippen molar-refractivity contribution in [3.05, 3.63) is 88.0 Å². The maximum Gasteiger partial charge on any atom is 0.270 e. The van der Waals surface area contributed by atoms with E-state index in [0.29, 0.717) is 25.2 Å². The number of thiazole rings is 1. The first-order valence-corrected chi connectivity index (χ1v) is 16.1. The second-order valence-corrected chi connectivity index (χ2v) is 13.2. The molecule has 13 heteroatoms. The Balaban J connectivity index is 0.995. The van der Waals surface area contributed by atoms with Gasteiger partial charge in [-0.2, -0.15) is 0 Å². The van der Waals surface area contributed by atoms with Crippen LogP contribution in [0.1, 0.15) is 22.3 Å². The number of nitro groups is 1. The fourth-order valence-corrected chi connectivity index (χ4v) is 7.99. The normalized spacial score (nSPS) is 15.9. The van der Waals surface area contributed by atoms with Crippen LogP contribution in [0.5, 0.6) is 0 Å². The number of rotatable bonds is 8. The molecule has 11 nitrogen and oxygen atoms in total. The Morgan fingerprint density at radius 3 is 2.52 bits per heavy atom. The van der Waals surface area contributed by atoms with Crippen LogP contribution in [0.25, 0.3) is 10.2 Å². The minimum Gasteiger partial charge on any atom is -0.351 e. The summed E-state index contributed by atoms with van der Waals surface area (Å²) in [7, 11) is -3.73. The van der Waals surface area contributed by atoms with E-state index >= 15 is 0 Å². The standard InChI is InChI=1S/C29H30N6O5S2/c36-28(22-7-10-24(11-8-22)42(39,40)34-14-3-5-21-4-1-2-6-26(21)34)30-13-15-32-16-18-33(19-17-32)29-31-25-12-9-23(35(37)38)20-27(25)41-29/h1-2,4,6-12,20H,3,5,13-19H2,(H,30,36). The number of nitrogens with one attached hydrogen (secondary N) is 1. The second-order valence-electron chi connectivity index (χ2n) is 10.3. The van der Waals surface area contributed by atoms with Gasteiger partial charge >= 0.3 is 0 Å². The molecule has 0 radical (unpaired) electrons. The minimum absolute atomic E-state index is 0.0640. The second kappa shape index (κ2) is 11.7. The summed E-state index contributed by atoms with van der Waals surface area (Å²) in [6.07, 6.45) is 1.62. The Hall–Kier alpha value is -4.07. The summed E-state index contributed by atoms with van der Waals surface area (Å²) in [5.74, 6) is -0.246. The number of carbonyl (C=O) groups excluding carboxylic acids is 1. The number of non-ortho nitro benzene ring substituents is 1. The van der Waals surface area contributed by atoms with Crippen LogP contribution in [0.2, 0.25) is 0 Å². The van der Waals surface area contributed by atoms with Gasteiger partial charge < -0.3 is 10.2 Å². The van der Waals surface area contributed by atoms with Gasteiger partial charge in [-0.05, 0) is 54.8 Å². The third kappa shape index (κ3) is 5.67. The summed E-state index contributed by atoms with van der Waals surface area (Å²) >= 11 is 1.46. The molecule has 1 aromatic heterocycles. The zero-order valence-electron chi connectivity index (χ0n) is 22.8. The van der Waals surface area contributed by atoms with E-state index in [1.54, 1.807) is 24.3 Å². The van der Waals surface area contributed by atoms with Crippen LogP contribution in [-0.4, -0.2) is 74.9 Å². The quantitative estimate of drug-likeness (QED) is 0.236. The molecular formula is C29H30N6O5S2. The minimum atomic E-state index is -3.73.